The Bertz CT molecular complexity index is 222. The van der Waals surface area contributed by atoms with Crippen LogP contribution in [0.15, 0.2) is 30.3 Å². The molecular weight excluding hydrogens is 517 g/mol. The van der Waals surface area contributed by atoms with E-state index in [0.717, 1.165) is 0 Å². The van der Waals surface area contributed by atoms with E-state index in [0.29, 0.717) is 9.47 Å². The van der Waals surface area contributed by atoms with Gasteiger partial charge in [0.2, 0.25) is 0 Å². The zero-order valence-electron chi connectivity index (χ0n) is 9.47. The standard InChI is InChI=1S/C9H11Br.C2H6.2HI.V/c1-9(2,10)8-6-4-3-5-7-8;1-2;;;/h3-7H,1-2H3;1-2H3;2*1H;/q;;;;+2/p-2. The summed E-state index contributed by atoms with van der Waals surface area (Å²) in [4.78, 5) is 0. The predicted octanol–water partition coefficient (Wildman–Crippen LogP) is 6.11. The molecule has 0 amide bonds. The predicted molar refractivity (Wildman–Crippen MR) is 87.8 cm³/mol. The van der Waals surface area contributed by atoms with Crippen LogP contribution in [0.3, 0.4) is 0 Å². The minimum absolute atomic E-state index is 0.105. The van der Waals surface area contributed by atoms with E-state index in [1.165, 1.54) is 5.56 Å². The molecule has 1 aromatic carbocycles. The molecule has 0 saturated carbocycles. The van der Waals surface area contributed by atoms with Crippen molar-refractivity contribution in [3.63, 3.8) is 0 Å². The molecule has 0 aromatic heterocycles. The van der Waals surface area contributed by atoms with Crippen molar-refractivity contribution in [2.45, 2.75) is 32.0 Å². The van der Waals surface area contributed by atoms with Gasteiger partial charge in [-0.25, -0.2) is 0 Å². The Morgan fingerprint density at radius 1 is 1.07 bits per heavy atom. The van der Waals surface area contributed by atoms with Crippen LogP contribution in [0.2, 0.25) is 0 Å². The summed E-state index contributed by atoms with van der Waals surface area (Å²) in [6.45, 7) is 8.28. The molecule has 15 heavy (non-hydrogen) atoms. The molecule has 0 heterocycles. The van der Waals surface area contributed by atoms with E-state index in [1.807, 2.05) is 19.9 Å². The molecule has 0 radical (unpaired) electrons. The van der Waals surface area contributed by atoms with Crippen LogP contribution in [0.25, 0.3) is 0 Å². The van der Waals surface area contributed by atoms with Gasteiger partial charge >= 0.3 is 49.4 Å². The van der Waals surface area contributed by atoms with Gasteiger partial charge in [0.15, 0.2) is 0 Å². The Morgan fingerprint density at radius 2 is 1.40 bits per heavy atom. The van der Waals surface area contributed by atoms with Crippen LogP contribution < -0.4 is 0 Å². The first-order chi connectivity index (χ1) is 7.02. The van der Waals surface area contributed by atoms with Gasteiger partial charge in [0, 0.05) is 4.32 Å². The second-order valence-corrected chi connectivity index (χ2v) is 16.7. The summed E-state index contributed by atoms with van der Waals surface area (Å²) in [6, 6.07) is 10.4. The Hall–Kier alpha value is 1.74. The fourth-order valence-electron chi connectivity index (χ4n) is 0.834. The summed E-state index contributed by atoms with van der Waals surface area (Å²) in [5.41, 5.74) is 1.31. The van der Waals surface area contributed by atoms with E-state index < -0.39 is 0 Å². The zero-order valence-corrected chi connectivity index (χ0v) is 16.8. The normalized spacial score (nSPS) is 9.00. The summed E-state index contributed by atoms with van der Waals surface area (Å²) in [5, 5.41) is 0. The first-order valence-corrected chi connectivity index (χ1v) is 14.5. The summed E-state index contributed by atoms with van der Waals surface area (Å²) < 4.78 is 0.105. The molecule has 0 atom stereocenters. The van der Waals surface area contributed by atoms with E-state index in [1.54, 1.807) is 0 Å². The van der Waals surface area contributed by atoms with Crippen molar-refractivity contribution in [1.82, 2.24) is 0 Å². The van der Waals surface area contributed by atoms with Crippen molar-refractivity contribution in [2.75, 3.05) is 0 Å². The van der Waals surface area contributed by atoms with E-state index >= 15 is 0 Å². The number of benzene rings is 1. The van der Waals surface area contributed by atoms with Crippen molar-refractivity contribution < 1.29 is 9.47 Å². The Kier molecular flexibility index (Phi) is 15.5. The van der Waals surface area contributed by atoms with Crippen LogP contribution in [-0.2, 0) is 13.8 Å². The van der Waals surface area contributed by atoms with Gasteiger partial charge in [-0.2, -0.15) is 0 Å². The van der Waals surface area contributed by atoms with Gasteiger partial charge in [-0.1, -0.05) is 60.1 Å². The number of hydrogen-bond acceptors (Lipinski definition) is 0. The van der Waals surface area contributed by atoms with E-state index in [4.69, 9.17) is 0 Å². The zero-order chi connectivity index (χ0) is 12.3. The Labute approximate surface area is 131 Å². The van der Waals surface area contributed by atoms with Crippen LogP contribution in [0, 0.1) is 0 Å². The number of halogens is 3. The van der Waals surface area contributed by atoms with Crippen LogP contribution in [0.4, 0.5) is 0 Å². The number of hydrogen-bond donors (Lipinski definition) is 0. The maximum absolute atomic E-state index is 3.59. The first kappa shape index (κ1) is 19.1. The van der Waals surface area contributed by atoms with Gasteiger partial charge in [0.25, 0.3) is 0 Å². The van der Waals surface area contributed by atoms with Gasteiger partial charge in [0.1, 0.15) is 0 Å². The van der Waals surface area contributed by atoms with Gasteiger partial charge in [0.05, 0.1) is 0 Å². The second-order valence-electron chi connectivity index (χ2n) is 2.90. The average Bonchev–Trinajstić information content (AvgIpc) is 2.22. The number of rotatable bonds is 1. The fraction of sp³-hybridized carbons (Fsp3) is 0.455. The van der Waals surface area contributed by atoms with Gasteiger partial charge in [-0.3, -0.25) is 0 Å². The molecule has 4 heteroatoms. The summed E-state index contributed by atoms with van der Waals surface area (Å²) >= 11 is 8.32. The first-order valence-electron chi connectivity index (χ1n) is 4.69. The van der Waals surface area contributed by atoms with Crippen molar-refractivity contribution in [3.05, 3.63) is 35.9 Å². The van der Waals surface area contributed by atoms with Gasteiger partial charge in [-0.05, 0) is 19.4 Å². The molecule has 1 aromatic rings. The van der Waals surface area contributed by atoms with Gasteiger partial charge < -0.3 is 0 Å². The molecular formula is C11H17BrI2V. The topological polar surface area (TPSA) is 0 Å². The molecule has 0 fully saturated rings. The molecule has 0 aliphatic rings. The summed E-state index contributed by atoms with van der Waals surface area (Å²) in [7, 11) is 0.628. The van der Waals surface area contributed by atoms with E-state index in [2.05, 4.69) is 94.0 Å². The summed E-state index contributed by atoms with van der Waals surface area (Å²) in [6.07, 6.45) is 0. The van der Waals surface area contributed by atoms with Crippen LogP contribution in [-0.4, -0.2) is 0 Å². The molecule has 0 saturated heterocycles. The van der Waals surface area contributed by atoms with Gasteiger partial charge in [-0.15, -0.1) is 0 Å². The third-order valence-electron chi connectivity index (χ3n) is 1.46. The van der Waals surface area contributed by atoms with Crippen molar-refractivity contribution in [1.29, 1.82) is 0 Å². The molecule has 0 bridgehead atoms. The maximum atomic E-state index is 3.59. The molecule has 0 spiro atoms. The molecule has 0 N–H and O–H groups in total. The van der Waals surface area contributed by atoms with Crippen LogP contribution in [0.1, 0.15) is 33.3 Å². The molecule has 1 rings (SSSR count). The molecule has 0 aliphatic heterocycles. The third kappa shape index (κ3) is 12.0. The third-order valence-corrected chi connectivity index (χ3v) is 1.92. The molecule has 0 nitrogen and oxygen atoms in total. The number of alkyl halides is 1. The SMILES string of the molecule is CC.CC(C)(Br)c1ccccc1.[I][V][I]. The Balaban J connectivity index is 0. The van der Waals surface area contributed by atoms with Crippen LogP contribution in [0.5, 0.6) is 0 Å². The van der Waals surface area contributed by atoms with Crippen molar-refractivity contribution in [3.8, 4) is 0 Å². The van der Waals surface area contributed by atoms with E-state index in [9.17, 15) is 0 Å². The minimum atomic E-state index is 0.105. The summed E-state index contributed by atoms with van der Waals surface area (Å²) in [5.74, 6) is 0. The molecule has 87 valence electrons. The average molecular weight is 534 g/mol. The second kappa shape index (κ2) is 12.2. The van der Waals surface area contributed by atoms with Crippen molar-refractivity contribution in [2.24, 2.45) is 0 Å². The van der Waals surface area contributed by atoms with E-state index in [-0.39, 0.29) is 4.32 Å². The Morgan fingerprint density at radius 3 is 1.60 bits per heavy atom. The van der Waals surface area contributed by atoms with Crippen LogP contribution >= 0.6 is 55.9 Å². The fourth-order valence-corrected chi connectivity index (χ4v) is 1.10. The quantitative estimate of drug-likeness (QED) is 0.302. The molecule has 0 unspecified atom stereocenters. The molecule has 0 aliphatic carbocycles. The monoisotopic (exact) mass is 533 g/mol. The van der Waals surface area contributed by atoms with Crippen molar-refractivity contribution >= 4 is 55.9 Å².